The predicted molar refractivity (Wildman–Crippen MR) is 81.5 cm³/mol. The van der Waals surface area contributed by atoms with Crippen LogP contribution in [0.5, 0.6) is 0 Å². The van der Waals surface area contributed by atoms with Gasteiger partial charge in [-0.1, -0.05) is 13.5 Å². The molecule has 2 saturated carbocycles. The van der Waals surface area contributed by atoms with E-state index in [1.807, 2.05) is 6.92 Å². The molecule has 0 bridgehead atoms. The second-order valence-electron chi connectivity index (χ2n) is 7.31. The molecule has 0 aromatic heterocycles. The van der Waals surface area contributed by atoms with Crippen molar-refractivity contribution in [3.05, 3.63) is 12.2 Å². The van der Waals surface area contributed by atoms with Crippen LogP contribution in [0, 0.1) is 23.7 Å². The summed E-state index contributed by atoms with van der Waals surface area (Å²) < 4.78 is 10.7. The third-order valence-corrected chi connectivity index (χ3v) is 5.75. The molecule has 1 saturated heterocycles. The smallest absolute Gasteiger partial charge is 0.334 e. The fourth-order valence-electron chi connectivity index (χ4n) is 4.66. The zero-order valence-electron chi connectivity index (χ0n) is 13.8. The molecule has 0 spiro atoms. The average Bonchev–Trinajstić information content (AvgIpc) is 2.91. The molecule has 3 N–H and O–H groups in total. The number of hydrogen-bond donors (Lipinski definition) is 3. The van der Waals surface area contributed by atoms with Gasteiger partial charge in [0.2, 0.25) is 0 Å². The Labute approximate surface area is 140 Å². The zero-order valence-corrected chi connectivity index (χ0v) is 13.8. The number of aliphatic hydroxyl groups is 3. The van der Waals surface area contributed by atoms with Crippen LogP contribution >= 0.6 is 0 Å². The van der Waals surface area contributed by atoms with E-state index in [0.29, 0.717) is 6.42 Å². The molecule has 7 heteroatoms. The monoisotopic (exact) mass is 340 g/mol. The lowest BCUT2D eigenvalue weighted by Crippen LogP contribution is -2.40. The topological polar surface area (TPSA) is 113 Å². The average molecular weight is 340 g/mol. The van der Waals surface area contributed by atoms with Crippen LogP contribution in [-0.4, -0.2) is 57.8 Å². The first-order chi connectivity index (χ1) is 11.2. The molecule has 1 aliphatic heterocycles. The standard InChI is InChI=1S/C17H24O7/c1-6-4-10-13(7(2)16(21)23-10)15(20)14-9(19)5-11(12(6)14)24-17(22)8(3)18/h6,8-15,18-20H,2,4-5H2,1,3H3/t6-,8?,9?,10?,11?,12+,13-,14-,15?/m1/s1. The van der Waals surface area contributed by atoms with Crippen LogP contribution in [0.3, 0.4) is 0 Å². The first-order valence-corrected chi connectivity index (χ1v) is 8.36. The summed E-state index contributed by atoms with van der Waals surface area (Å²) in [6.07, 6.45) is -3.44. The number of carbonyl (C=O) groups is 2. The second kappa shape index (κ2) is 6.13. The third kappa shape index (κ3) is 2.64. The molecule has 0 amide bonds. The minimum absolute atomic E-state index is 0.0395. The lowest BCUT2D eigenvalue weighted by molar-refractivity contribution is -0.161. The highest BCUT2D eigenvalue weighted by Gasteiger charge is 2.58. The largest absolute Gasteiger partial charge is 0.460 e. The van der Waals surface area contributed by atoms with Gasteiger partial charge in [-0.25, -0.2) is 9.59 Å². The lowest BCUT2D eigenvalue weighted by atomic mass is 9.79. The van der Waals surface area contributed by atoms with E-state index in [1.165, 1.54) is 6.92 Å². The van der Waals surface area contributed by atoms with E-state index in [4.69, 9.17) is 9.47 Å². The van der Waals surface area contributed by atoms with Crippen molar-refractivity contribution in [2.24, 2.45) is 23.7 Å². The van der Waals surface area contributed by atoms with Crippen LogP contribution in [0.1, 0.15) is 26.7 Å². The number of fused-ring (bicyclic) bond motifs is 2. The van der Waals surface area contributed by atoms with Gasteiger partial charge in [0.05, 0.1) is 18.1 Å². The maximum absolute atomic E-state index is 11.8. The molecule has 3 rings (SSSR count). The van der Waals surface area contributed by atoms with Gasteiger partial charge in [-0.3, -0.25) is 0 Å². The van der Waals surface area contributed by atoms with E-state index in [-0.39, 0.29) is 23.8 Å². The fourth-order valence-corrected chi connectivity index (χ4v) is 4.66. The quantitative estimate of drug-likeness (QED) is 0.470. The van der Waals surface area contributed by atoms with Crippen molar-refractivity contribution in [1.82, 2.24) is 0 Å². The van der Waals surface area contributed by atoms with Crippen LogP contribution in [0.4, 0.5) is 0 Å². The molecule has 3 aliphatic rings. The Morgan fingerprint density at radius 2 is 2.00 bits per heavy atom. The Morgan fingerprint density at radius 1 is 1.33 bits per heavy atom. The van der Waals surface area contributed by atoms with E-state index in [1.54, 1.807) is 0 Å². The molecule has 134 valence electrons. The maximum Gasteiger partial charge on any atom is 0.334 e. The van der Waals surface area contributed by atoms with E-state index < -0.39 is 54.3 Å². The van der Waals surface area contributed by atoms with Crippen molar-refractivity contribution < 1.29 is 34.4 Å². The highest BCUT2D eigenvalue weighted by atomic mass is 16.6. The van der Waals surface area contributed by atoms with Crippen molar-refractivity contribution >= 4 is 11.9 Å². The summed E-state index contributed by atoms with van der Waals surface area (Å²) in [5.41, 5.74) is 0.233. The molecule has 0 aromatic rings. The van der Waals surface area contributed by atoms with Gasteiger partial charge in [0.25, 0.3) is 0 Å². The number of ether oxygens (including phenoxy) is 2. The van der Waals surface area contributed by atoms with E-state index >= 15 is 0 Å². The SMILES string of the molecule is C=C1C(=O)OC2C[C@@H](C)[C@H]3C(OC(=O)C(C)O)CC(O)[C@H]3C(O)[C@H]12. The minimum Gasteiger partial charge on any atom is -0.460 e. The number of rotatable bonds is 2. The van der Waals surface area contributed by atoms with Gasteiger partial charge < -0.3 is 24.8 Å². The van der Waals surface area contributed by atoms with Gasteiger partial charge in [0.15, 0.2) is 0 Å². The van der Waals surface area contributed by atoms with E-state index in [2.05, 4.69) is 6.58 Å². The predicted octanol–water partition coefficient (Wildman–Crippen LogP) is -0.226. The molecule has 9 atom stereocenters. The van der Waals surface area contributed by atoms with Crippen LogP contribution in [0.15, 0.2) is 12.2 Å². The van der Waals surface area contributed by atoms with E-state index in [0.717, 1.165) is 0 Å². The highest BCUT2D eigenvalue weighted by molar-refractivity contribution is 5.91. The molecule has 0 aromatic carbocycles. The molecule has 7 nitrogen and oxygen atoms in total. The second-order valence-corrected chi connectivity index (χ2v) is 7.31. The molecular formula is C17H24O7. The summed E-state index contributed by atoms with van der Waals surface area (Å²) in [6, 6.07) is 0. The van der Waals surface area contributed by atoms with Crippen molar-refractivity contribution in [2.75, 3.05) is 0 Å². The van der Waals surface area contributed by atoms with Crippen molar-refractivity contribution in [1.29, 1.82) is 0 Å². The summed E-state index contributed by atoms with van der Waals surface area (Å²) in [4.78, 5) is 23.5. The molecule has 1 heterocycles. The minimum atomic E-state index is -1.24. The van der Waals surface area contributed by atoms with Crippen molar-refractivity contribution in [2.45, 2.75) is 57.2 Å². The molecule has 2 aliphatic carbocycles. The summed E-state index contributed by atoms with van der Waals surface area (Å²) in [5.74, 6) is -2.63. The molecular weight excluding hydrogens is 316 g/mol. The van der Waals surface area contributed by atoms with Gasteiger partial charge in [-0.2, -0.15) is 0 Å². The van der Waals surface area contributed by atoms with E-state index in [9.17, 15) is 24.9 Å². The van der Waals surface area contributed by atoms with Crippen LogP contribution < -0.4 is 0 Å². The molecule has 5 unspecified atom stereocenters. The third-order valence-electron chi connectivity index (χ3n) is 5.75. The Balaban J connectivity index is 1.88. The van der Waals surface area contributed by atoms with Crippen LogP contribution in [-0.2, 0) is 19.1 Å². The molecule has 3 fully saturated rings. The lowest BCUT2D eigenvalue weighted by Gasteiger charge is -2.31. The Hall–Kier alpha value is -1.44. The Morgan fingerprint density at radius 3 is 2.62 bits per heavy atom. The summed E-state index contributed by atoms with van der Waals surface area (Å²) in [7, 11) is 0. The first kappa shape index (κ1) is 17.4. The van der Waals surface area contributed by atoms with Crippen LogP contribution in [0.25, 0.3) is 0 Å². The number of aliphatic hydroxyl groups excluding tert-OH is 3. The van der Waals surface area contributed by atoms with Crippen LogP contribution in [0.2, 0.25) is 0 Å². The van der Waals surface area contributed by atoms with Gasteiger partial charge >= 0.3 is 11.9 Å². The number of carbonyl (C=O) groups excluding carboxylic acids is 2. The Kier molecular flexibility index (Phi) is 4.44. The van der Waals surface area contributed by atoms with Gasteiger partial charge in [-0.15, -0.1) is 0 Å². The molecule has 24 heavy (non-hydrogen) atoms. The number of hydrogen-bond acceptors (Lipinski definition) is 7. The summed E-state index contributed by atoms with van der Waals surface area (Å²) in [5, 5.41) is 30.6. The number of esters is 2. The van der Waals surface area contributed by atoms with Gasteiger partial charge in [0, 0.05) is 23.8 Å². The summed E-state index contributed by atoms with van der Waals surface area (Å²) in [6.45, 7) is 6.99. The normalized spacial score (nSPS) is 45.9. The maximum atomic E-state index is 11.8. The highest BCUT2D eigenvalue weighted by Crippen LogP contribution is 2.50. The van der Waals surface area contributed by atoms with Gasteiger partial charge in [0.1, 0.15) is 18.3 Å². The fraction of sp³-hybridized carbons (Fsp3) is 0.765. The zero-order chi connectivity index (χ0) is 17.8. The van der Waals surface area contributed by atoms with Gasteiger partial charge in [-0.05, 0) is 19.3 Å². The Bertz CT molecular complexity index is 557. The first-order valence-electron chi connectivity index (χ1n) is 8.36. The molecule has 0 radical (unpaired) electrons. The van der Waals surface area contributed by atoms with Crippen molar-refractivity contribution in [3.63, 3.8) is 0 Å². The van der Waals surface area contributed by atoms with Crippen molar-refractivity contribution in [3.8, 4) is 0 Å². The summed E-state index contributed by atoms with van der Waals surface area (Å²) >= 11 is 0.